The molecule has 0 aliphatic carbocycles. The van der Waals surface area contributed by atoms with Crippen LogP contribution in [0.4, 0.5) is 0 Å². The van der Waals surface area contributed by atoms with Gasteiger partial charge >= 0.3 is 0 Å². The molecule has 0 unspecified atom stereocenters. The summed E-state index contributed by atoms with van der Waals surface area (Å²) < 4.78 is 25.5. The summed E-state index contributed by atoms with van der Waals surface area (Å²) in [6, 6.07) is 15.3. The van der Waals surface area contributed by atoms with E-state index in [4.69, 9.17) is 11.6 Å². The molecule has 2 aromatic carbocycles. The first-order chi connectivity index (χ1) is 12.9. The van der Waals surface area contributed by atoms with E-state index in [1.807, 2.05) is 48.5 Å². The summed E-state index contributed by atoms with van der Waals surface area (Å²) in [7, 11) is -0.116. The van der Waals surface area contributed by atoms with Gasteiger partial charge in [-0.3, -0.25) is 4.99 Å². The molecule has 2 rings (SSSR count). The molecule has 6 nitrogen and oxygen atoms in total. The molecular formula is C19H26ClIN4O2S. The monoisotopic (exact) mass is 536 g/mol. The number of sulfonamides is 1. The minimum Gasteiger partial charge on any atom is -0.356 e. The summed E-state index contributed by atoms with van der Waals surface area (Å²) in [6.45, 7) is 1.33. The quantitative estimate of drug-likeness (QED) is 0.275. The molecule has 0 saturated heterocycles. The van der Waals surface area contributed by atoms with Gasteiger partial charge in [0.2, 0.25) is 10.0 Å². The van der Waals surface area contributed by atoms with Crippen molar-refractivity contribution in [2.24, 2.45) is 4.99 Å². The Kier molecular flexibility index (Phi) is 10.8. The fraction of sp³-hybridized carbons (Fsp3) is 0.316. The van der Waals surface area contributed by atoms with Gasteiger partial charge in [-0.15, -0.1) is 24.0 Å². The van der Waals surface area contributed by atoms with E-state index in [0.717, 1.165) is 34.7 Å². The van der Waals surface area contributed by atoms with Gasteiger partial charge in [-0.05, 0) is 42.3 Å². The minimum atomic E-state index is -3.25. The van der Waals surface area contributed by atoms with Crippen LogP contribution in [0.2, 0.25) is 5.02 Å². The van der Waals surface area contributed by atoms with Gasteiger partial charge in [0, 0.05) is 25.2 Å². The van der Waals surface area contributed by atoms with E-state index in [1.165, 1.54) is 7.05 Å². The van der Waals surface area contributed by atoms with Crippen molar-refractivity contribution in [3.63, 3.8) is 0 Å². The van der Waals surface area contributed by atoms with Crippen LogP contribution in [-0.4, -0.2) is 35.0 Å². The standard InChI is InChI=1S/C19H25ClN4O2S.HI/c1-21-19(23-11-10-15-4-3-5-18(20)12-15)24-13-16-6-8-17(9-7-16)14-27(25,26)22-2;/h3-9,12,22H,10-11,13-14H2,1-2H3,(H2,21,23,24);1H. The van der Waals surface area contributed by atoms with Crippen LogP contribution < -0.4 is 15.4 Å². The normalized spacial score (nSPS) is 11.6. The molecule has 2 aromatic rings. The van der Waals surface area contributed by atoms with Gasteiger partial charge < -0.3 is 10.6 Å². The molecule has 0 amide bonds. The van der Waals surface area contributed by atoms with Crippen LogP contribution in [0.25, 0.3) is 0 Å². The lowest BCUT2D eigenvalue weighted by Crippen LogP contribution is -2.37. The molecule has 0 aliphatic rings. The summed E-state index contributed by atoms with van der Waals surface area (Å²) in [5.41, 5.74) is 2.95. The summed E-state index contributed by atoms with van der Waals surface area (Å²) >= 11 is 5.99. The largest absolute Gasteiger partial charge is 0.356 e. The van der Waals surface area contributed by atoms with E-state index < -0.39 is 10.0 Å². The Hall–Kier alpha value is -1.36. The highest BCUT2D eigenvalue weighted by Crippen LogP contribution is 2.10. The Labute approximate surface area is 189 Å². The first-order valence-electron chi connectivity index (χ1n) is 8.60. The van der Waals surface area contributed by atoms with Gasteiger partial charge in [-0.1, -0.05) is 48.0 Å². The topological polar surface area (TPSA) is 82.6 Å². The van der Waals surface area contributed by atoms with Crippen LogP contribution in [0.3, 0.4) is 0 Å². The van der Waals surface area contributed by atoms with Gasteiger partial charge in [0.25, 0.3) is 0 Å². The van der Waals surface area contributed by atoms with Crippen molar-refractivity contribution in [2.45, 2.75) is 18.7 Å². The van der Waals surface area contributed by atoms with Crippen molar-refractivity contribution >= 4 is 51.6 Å². The first kappa shape index (κ1) is 24.7. The molecule has 0 heterocycles. The highest BCUT2D eigenvalue weighted by Gasteiger charge is 2.08. The Morgan fingerprint density at radius 3 is 2.32 bits per heavy atom. The molecule has 0 fully saturated rings. The van der Waals surface area contributed by atoms with Crippen LogP contribution >= 0.6 is 35.6 Å². The smallest absolute Gasteiger partial charge is 0.215 e. The lowest BCUT2D eigenvalue weighted by Gasteiger charge is -2.12. The van der Waals surface area contributed by atoms with Crippen LogP contribution in [0, 0.1) is 0 Å². The summed E-state index contributed by atoms with van der Waals surface area (Å²) in [5, 5.41) is 7.25. The molecule has 0 bridgehead atoms. The zero-order chi connectivity index (χ0) is 19.7. The van der Waals surface area contributed by atoms with Crippen molar-refractivity contribution in [2.75, 3.05) is 20.6 Å². The summed E-state index contributed by atoms with van der Waals surface area (Å²) in [5.74, 6) is 0.683. The first-order valence-corrected chi connectivity index (χ1v) is 10.6. The van der Waals surface area contributed by atoms with E-state index >= 15 is 0 Å². The van der Waals surface area contributed by atoms with Crippen LogP contribution in [-0.2, 0) is 28.7 Å². The molecule has 154 valence electrons. The predicted octanol–water partition coefficient (Wildman–Crippen LogP) is 2.91. The number of guanidine groups is 1. The van der Waals surface area contributed by atoms with Gasteiger partial charge in [-0.2, -0.15) is 0 Å². The number of rotatable bonds is 8. The van der Waals surface area contributed by atoms with Gasteiger partial charge in [0.15, 0.2) is 5.96 Å². The number of halogens is 2. The zero-order valence-electron chi connectivity index (χ0n) is 15.9. The van der Waals surface area contributed by atoms with Crippen LogP contribution in [0.5, 0.6) is 0 Å². The van der Waals surface area contributed by atoms with Crippen molar-refractivity contribution in [1.29, 1.82) is 0 Å². The van der Waals surface area contributed by atoms with E-state index in [0.29, 0.717) is 12.5 Å². The van der Waals surface area contributed by atoms with Gasteiger partial charge in [0.1, 0.15) is 0 Å². The summed E-state index contributed by atoms with van der Waals surface area (Å²) in [4.78, 5) is 4.21. The molecule has 0 aromatic heterocycles. The highest BCUT2D eigenvalue weighted by molar-refractivity contribution is 14.0. The van der Waals surface area contributed by atoms with E-state index in [2.05, 4.69) is 20.3 Å². The lowest BCUT2D eigenvalue weighted by atomic mass is 10.1. The third-order valence-corrected chi connectivity index (χ3v) is 5.54. The molecule has 28 heavy (non-hydrogen) atoms. The third kappa shape index (κ3) is 8.76. The predicted molar refractivity (Wildman–Crippen MR) is 127 cm³/mol. The fourth-order valence-electron chi connectivity index (χ4n) is 2.47. The molecule has 0 atom stereocenters. The van der Waals surface area contributed by atoms with Crippen molar-refractivity contribution in [3.05, 3.63) is 70.2 Å². The lowest BCUT2D eigenvalue weighted by molar-refractivity contribution is 0.587. The van der Waals surface area contributed by atoms with Crippen molar-refractivity contribution in [1.82, 2.24) is 15.4 Å². The highest BCUT2D eigenvalue weighted by atomic mass is 127. The molecule has 0 aliphatic heterocycles. The number of nitrogens with zero attached hydrogens (tertiary/aromatic N) is 1. The Balaban J connectivity index is 0.00000392. The fourth-order valence-corrected chi connectivity index (χ4v) is 3.46. The number of hydrogen-bond donors (Lipinski definition) is 3. The van der Waals surface area contributed by atoms with Gasteiger partial charge in [-0.25, -0.2) is 13.1 Å². The second-order valence-corrected chi connectivity index (χ2v) is 8.38. The molecular weight excluding hydrogens is 511 g/mol. The minimum absolute atomic E-state index is 0. The second-order valence-electron chi connectivity index (χ2n) is 6.01. The molecule has 0 spiro atoms. The Morgan fingerprint density at radius 2 is 1.71 bits per heavy atom. The average Bonchev–Trinajstić information content (AvgIpc) is 2.65. The van der Waals surface area contributed by atoms with Crippen molar-refractivity contribution < 1.29 is 8.42 Å². The maximum atomic E-state index is 11.6. The Bertz CT molecular complexity index is 874. The average molecular weight is 537 g/mol. The summed E-state index contributed by atoms with van der Waals surface area (Å²) in [6.07, 6.45) is 0.843. The molecule has 3 N–H and O–H groups in total. The van der Waals surface area contributed by atoms with Crippen LogP contribution in [0.15, 0.2) is 53.5 Å². The van der Waals surface area contributed by atoms with Crippen LogP contribution in [0.1, 0.15) is 16.7 Å². The molecule has 9 heteroatoms. The van der Waals surface area contributed by atoms with E-state index in [-0.39, 0.29) is 29.7 Å². The maximum Gasteiger partial charge on any atom is 0.215 e. The second kappa shape index (κ2) is 12.3. The van der Waals surface area contributed by atoms with Gasteiger partial charge in [0.05, 0.1) is 5.75 Å². The Morgan fingerprint density at radius 1 is 1.04 bits per heavy atom. The number of nitrogens with one attached hydrogen (secondary N) is 3. The number of hydrogen-bond acceptors (Lipinski definition) is 3. The zero-order valence-corrected chi connectivity index (χ0v) is 19.8. The molecule has 0 radical (unpaired) electrons. The third-order valence-electron chi connectivity index (χ3n) is 3.97. The molecule has 0 saturated carbocycles. The number of aliphatic imine (C=N–C) groups is 1. The van der Waals surface area contributed by atoms with E-state index in [9.17, 15) is 8.42 Å². The van der Waals surface area contributed by atoms with E-state index in [1.54, 1.807) is 7.05 Å². The SMILES string of the molecule is CN=C(NCCc1cccc(Cl)c1)NCc1ccc(CS(=O)(=O)NC)cc1.I. The maximum absolute atomic E-state index is 11.6. The van der Waals surface area contributed by atoms with Crippen molar-refractivity contribution in [3.8, 4) is 0 Å². The number of benzene rings is 2.